The predicted molar refractivity (Wildman–Crippen MR) is 73.3 cm³/mol. The van der Waals surface area contributed by atoms with Crippen LogP contribution in [0.15, 0.2) is 18.2 Å². The summed E-state index contributed by atoms with van der Waals surface area (Å²) in [5, 5.41) is 0. The van der Waals surface area contributed by atoms with E-state index in [9.17, 15) is 22.0 Å². The summed E-state index contributed by atoms with van der Waals surface area (Å²) in [4.78, 5) is 13.6. The molecule has 1 fully saturated rings. The molecule has 0 saturated carbocycles. The molecule has 0 N–H and O–H groups in total. The molecule has 21 heavy (non-hydrogen) atoms. The number of sulfonamides is 1. The van der Waals surface area contributed by atoms with Crippen molar-refractivity contribution >= 4 is 15.9 Å². The molecule has 1 saturated heterocycles. The van der Waals surface area contributed by atoms with Gasteiger partial charge >= 0.3 is 0 Å². The Labute approximate surface area is 122 Å². The van der Waals surface area contributed by atoms with Gasteiger partial charge in [-0.25, -0.2) is 21.5 Å². The Balaban J connectivity index is 2.13. The summed E-state index contributed by atoms with van der Waals surface area (Å²) < 4.78 is 50.8. The zero-order valence-corrected chi connectivity index (χ0v) is 12.4. The van der Waals surface area contributed by atoms with Gasteiger partial charge in [0.2, 0.25) is 10.0 Å². The second-order valence-corrected chi connectivity index (χ2v) is 6.91. The van der Waals surface area contributed by atoms with Crippen LogP contribution in [0.1, 0.15) is 16.8 Å². The van der Waals surface area contributed by atoms with Crippen LogP contribution in [0, 0.1) is 11.6 Å². The van der Waals surface area contributed by atoms with Gasteiger partial charge in [-0.3, -0.25) is 4.79 Å². The second-order valence-electron chi connectivity index (χ2n) is 4.93. The van der Waals surface area contributed by atoms with Gasteiger partial charge in [-0.15, -0.1) is 0 Å². The van der Waals surface area contributed by atoms with E-state index in [4.69, 9.17) is 0 Å². The third kappa shape index (κ3) is 3.76. The van der Waals surface area contributed by atoms with Crippen molar-refractivity contribution in [2.75, 3.05) is 32.4 Å². The molecule has 1 aliphatic rings. The Kier molecular flexibility index (Phi) is 4.58. The fraction of sp³-hybridized carbons (Fsp3) is 0.462. The minimum Gasteiger partial charge on any atom is -0.337 e. The van der Waals surface area contributed by atoms with Crippen LogP contribution in [0.3, 0.4) is 0 Å². The Morgan fingerprint density at radius 3 is 2.48 bits per heavy atom. The van der Waals surface area contributed by atoms with E-state index in [1.54, 1.807) is 0 Å². The number of carbonyl (C=O) groups excluding carboxylic acids is 1. The van der Waals surface area contributed by atoms with Crippen molar-refractivity contribution in [3.8, 4) is 0 Å². The maximum Gasteiger partial charge on any atom is 0.256 e. The summed E-state index contributed by atoms with van der Waals surface area (Å²) in [6, 6.07) is 2.79. The summed E-state index contributed by atoms with van der Waals surface area (Å²) in [6.45, 7) is 1.02. The first-order chi connectivity index (χ1) is 9.79. The smallest absolute Gasteiger partial charge is 0.256 e. The minimum absolute atomic E-state index is 0.174. The van der Waals surface area contributed by atoms with Gasteiger partial charge in [0.25, 0.3) is 5.91 Å². The number of nitrogens with zero attached hydrogens (tertiary/aromatic N) is 2. The largest absolute Gasteiger partial charge is 0.337 e. The molecule has 0 bridgehead atoms. The van der Waals surface area contributed by atoms with E-state index < -0.39 is 27.6 Å². The fourth-order valence-electron chi connectivity index (χ4n) is 2.26. The number of hydrogen-bond acceptors (Lipinski definition) is 3. The third-order valence-corrected chi connectivity index (χ3v) is 4.68. The van der Waals surface area contributed by atoms with Crippen LogP contribution in [0.25, 0.3) is 0 Å². The maximum absolute atomic E-state index is 13.6. The van der Waals surface area contributed by atoms with Crippen molar-refractivity contribution in [2.45, 2.75) is 6.42 Å². The Hall–Kier alpha value is -1.54. The van der Waals surface area contributed by atoms with Gasteiger partial charge in [-0.05, 0) is 18.6 Å². The first kappa shape index (κ1) is 15.8. The zero-order chi connectivity index (χ0) is 15.6. The lowest BCUT2D eigenvalue weighted by Gasteiger charge is -2.21. The number of hydrogen-bond donors (Lipinski definition) is 0. The van der Waals surface area contributed by atoms with E-state index in [1.165, 1.54) is 9.21 Å². The summed E-state index contributed by atoms with van der Waals surface area (Å²) in [7, 11) is -3.31. The van der Waals surface area contributed by atoms with E-state index >= 15 is 0 Å². The predicted octanol–water partition coefficient (Wildman–Crippen LogP) is 1.07. The van der Waals surface area contributed by atoms with Crippen LogP contribution in [-0.2, 0) is 10.0 Å². The average Bonchev–Trinajstić information content (AvgIpc) is 2.63. The number of amides is 1. The molecular weight excluding hydrogens is 302 g/mol. The van der Waals surface area contributed by atoms with Gasteiger partial charge < -0.3 is 4.90 Å². The molecule has 116 valence electrons. The van der Waals surface area contributed by atoms with Crippen molar-refractivity contribution in [3.63, 3.8) is 0 Å². The quantitative estimate of drug-likeness (QED) is 0.820. The molecule has 2 rings (SSSR count). The molecule has 0 radical (unpaired) electrons. The number of benzene rings is 1. The van der Waals surface area contributed by atoms with Crippen LogP contribution in [0.4, 0.5) is 8.78 Å². The van der Waals surface area contributed by atoms with Crippen molar-refractivity contribution in [2.24, 2.45) is 0 Å². The molecule has 8 heteroatoms. The van der Waals surface area contributed by atoms with E-state index in [0.717, 1.165) is 18.4 Å². The van der Waals surface area contributed by atoms with Crippen LogP contribution < -0.4 is 0 Å². The van der Waals surface area contributed by atoms with Crippen LogP contribution >= 0.6 is 0 Å². The molecule has 0 spiro atoms. The molecule has 0 aliphatic carbocycles. The molecule has 1 heterocycles. The average molecular weight is 318 g/mol. The molecule has 0 unspecified atom stereocenters. The molecule has 5 nitrogen and oxygen atoms in total. The summed E-state index contributed by atoms with van der Waals surface area (Å²) >= 11 is 0. The topological polar surface area (TPSA) is 57.7 Å². The summed E-state index contributed by atoms with van der Waals surface area (Å²) in [5.74, 6) is -2.21. The van der Waals surface area contributed by atoms with E-state index in [2.05, 4.69) is 0 Å². The molecule has 1 aromatic carbocycles. The molecule has 1 aromatic rings. The fourth-order valence-corrected chi connectivity index (χ4v) is 3.14. The normalized spacial score (nSPS) is 17.6. The molecule has 1 amide bonds. The van der Waals surface area contributed by atoms with Crippen molar-refractivity contribution in [1.29, 1.82) is 0 Å². The van der Waals surface area contributed by atoms with Gasteiger partial charge in [-0.1, -0.05) is 0 Å². The molecule has 1 aliphatic heterocycles. The molecule has 0 atom stereocenters. The first-order valence-electron chi connectivity index (χ1n) is 6.48. The van der Waals surface area contributed by atoms with E-state index in [-0.39, 0.29) is 18.7 Å². The van der Waals surface area contributed by atoms with Gasteiger partial charge in [0, 0.05) is 32.2 Å². The highest BCUT2D eigenvalue weighted by atomic mass is 32.2. The monoisotopic (exact) mass is 318 g/mol. The lowest BCUT2D eigenvalue weighted by atomic mass is 10.1. The number of rotatable bonds is 2. The van der Waals surface area contributed by atoms with E-state index in [1.807, 2.05) is 0 Å². The zero-order valence-electron chi connectivity index (χ0n) is 11.6. The standard InChI is InChI=1S/C13H16F2N2O3S/c1-21(19,20)17-6-2-5-16(7-8-17)13(18)11-4-3-10(14)9-12(11)15/h3-4,9H,2,5-8H2,1H3. The third-order valence-electron chi connectivity index (χ3n) is 3.37. The van der Waals surface area contributed by atoms with Gasteiger partial charge in [0.1, 0.15) is 11.6 Å². The molecule has 0 aromatic heterocycles. The minimum atomic E-state index is -3.31. The Morgan fingerprint density at radius 1 is 1.14 bits per heavy atom. The van der Waals surface area contributed by atoms with E-state index in [0.29, 0.717) is 25.6 Å². The van der Waals surface area contributed by atoms with Crippen LogP contribution in [0.2, 0.25) is 0 Å². The Bertz CT molecular complexity index is 649. The van der Waals surface area contributed by atoms with Crippen LogP contribution in [0.5, 0.6) is 0 Å². The van der Waals surface area contributed by atoms with Crippen LogP contribution in [-0.4, -0.2) is 56.0 Å². The summed E-state index contributed by atoms with van der Waals surface area (Å²) in [6.07, 6.45) is 1.59. The maximum atomic E-state index is 13.6. The first-order valence-corrected chi connectivity index (χ1v) is 8.33. The van der Waals surface area contributed by atoms with Crippen molar-refractivity contribution < 1.29 is 22.0 Å². The highest BCUT2D eigenvalue weighted by molar-refractivity contribution is 7.88. The second kappa shape index (κ2) is 6.07. The highest BCUT2D eigenvalue weighted by Gasteiger charge is 2.25. The van der Waals surface area contributed by atoms with Crippen molar-refractivity contribution in [3.05, 3.63) is 35.4 Å². The van der Waals surface area contributed by atoms with Gasteiger partial charge in [0.15, 0.2) is 0 Å². The SMILES string of the molecule is CS(=O)(=O)N1CCCN(C(=O)c2ccc(F)cc2F)CC1. The lowest BCUT2D eigenvalue weighted by Crippen LogP contribution is -2.37. The van der Waals surface area contributed by atoms with Gasteiger partial charge in [-0.2, -0.15) is 0 Å². The lowest BCUT2D eigenvalue weighted by molar-refractivity contribution is 0.0759. The number of carbonyl (C=O) groups is 1. The Morgan fingerprint density at radius 2 is 1.86 bits per heavy atom. The highest BCUT2D eigenvalue weighted by Crippen LogP contribution is 2.15. The molecular formula is C13H16F2N2O3S. The number of halogens is 2. The van der Waals surface area contributed by atoms with Gasteiger partial charge in [0.05, 0.1) is 11.8 Å². The van der Waals surface area contributed by atoms with Crippen molar-refractivity contribution in [1.82, 2.24) is 9.21 Å². The summed E-state index contributed by atoms with van der Waals surface area (Å²) in [5.41, 5.74) is -0.204.